The van der Waals surface area contributed by atoms with Crippen molar-refractivity contribution in [1.82, 2.24) is 13.3 Å². The summed E-state index contributed by atoms with van der Waals surface area (Å²) < 4.78 is 26.3. The van der Waals surface area contributed by atoms with Crippen molar-refractivity contribution in [2.24, 2.45) is 0 Å². The molecule has 1 aliphatic rings. The van der Waals surface area contributed by atoms with E-state index in [0.717, 1.165) is 21.1 Å². The van der Waals surface area contributed by atoms with Gasteiger partial charge >= 0.3 is 10.2 Å². The molecule has 3 rings (SSSR count). The number of imidazole rings is 1. The van der Waals surface area contributed by atoms with Crippen LogP contribution in [0, 0.1) is 0 Å². The Morgan fingerprint density at radius 3 is 2.57 bits per heavy atom. The van der Waals surface area contributed by atoms with Gasteiger partial charge in [-0.15, -0.1) is 0 Å². The van der Waals surface area contributed by atoms with Crippen molar-refractivity contribution in [3.63, 3.8) is 0 Å². The van der Waals surface area contributed by atoms with E-state index in [1.807, 2.05) is 32.1 Å². The van der Waals surface area contributed by atoms with E-state index in [0.29, 0.717) is 5.69 Å². The molecule has 0 N–H and O–H groups in total. The monoisotopic (exact) mass is 333 g/mol. The van der Waals surface area contributed by atoms with Crippen molar-refractivity contribution in [2.45, 2.75) is 26.7 Å². The molecule has 0 atom stereocenters. The minimum absolute atomic E-state index is 0.659. The van der Waals surface area contributed by atoms with Gasteiger partial charge in [-0.1, -0.05) is 38.1 Å². The standard InChI is InChI=1S/C15H17N3O2S.C2H6/c1-17(2)21(19,20)18-10-14(16-11-18)9-13-8-7-12-5-3-4-6-15(12)13;1-2/h3-6,9-11H,7-8H2,1-2H3;1-2H3. The fourth-order valence-corrected chi connectivity index (χ4v) is 3.28. The lowest BCUT2D eigenvalue weighted by Crippen LogP contribution is -2.27. The average Bonchev–Trinajstić information content (AvgIpc) is 3.18. The summed E-state index contributed by atoms with van der Waals surface area (Å²) >= 11 is 0. The van der Waals surface area contributed by atoms with E-state index in [1.165, 1.54) is 37.1 Å². The van der Waals surface area contributed by atoms with Gasteiger partial charge in [-0.05, 0) is 35.6 Å². The van der Waals surface area contributed by atoms with Crippen LogP contribution in [0.3, 0.4) is 0 Å². The Hall–Kier alpha value is -1.92. The maximum absolute atomic E-state index is 12.0. The normalized spacial score (nSPS) is 15.4. The number of hydrogen-bond donors (Lipinski definition) is 0. The zero-order valence-electron chi connectivity index (χ0n) is 14.0. The molecule has 0 spiro atoms. The molecule has 124 valence electrons. The van der Waals surface area contributed by atoms with E-state index >= 15 is 0 Å². The van der Waals surface area contributed by atoms with Gasteiger partial charge in [0.2, 0.25) is 0 Å². The van der Waals surface area contributed by atoms with Crippen LogP contribution >= 0.6 is 0 Å². The second kappa shape index (κ2) is 7.10. The fourth-order valence-electron chi connectivity index (χ4n) is 2.49. The largest absolute Gasteiger partial charge is 0.308 e. The predicted octanol–water partition coefficient (Wildman–Crippen LogP) is 3.05. The summed E-state index contributed by atoms with van der Waals surface area (Å²) in [5.41, 5.74) is 4.44. The number of nitrogens with zero attached hydrogens (tertiary/aromatic N) is 3. The van der Waals surface area contributed by atoms with Crippen LogP contribution in [0.15, 0.2) is 36.8 Å². The van der Waals surface area contributed by atoms with Crippen molar-refractivity contribution < 1.29 is 8.42 Å². The lowest BCUT2D eigenvalue weighted by molar-refractivity contribution is 0.510. The highest BCUT2D eigenvalue weighted by atomic mass is 32.2. The predicted molar refractivity (Wildman–Crippen MR) is 94.2 cm³/mol. The minimum atomic E-state index is -3.49. The lowest BCUT2D eigenvalue weighted by Gasteiger charge is -2.10. The van der Waals surface area contributed by atoms with Gasteiger partial charge in [0.15, 0.2) is 0 Å². The second-order valence-electron chi connectivity index (χ2n) is 5.25. The Morgan fingerprint density at radius 2 is 1.87 bits per heavy atom. The zero-order chi connectivity index (χ0) is 17.0. The quantitative estimate of drug-likeness (QED) is 0.867. The van der Waals surface area contributed by atoms with Crippen LogP contribution in [0.4, 0.5) is 0 Å². The Kier molecular flexibility index (Phi) is 5.38. The van der Waals surface area contributed by atoms with Crippen molar-refractivity contribution in [2.75, 3.05) is 14.1 Å². The molecule has 2 aromatic rings. The van der Waals surface area contributed by atoms with Crippen LogP contribution in [0.25, 0.3) is 11.6 Å². The highest BCUT2D eigenvalue weighted by Crippen LogP contribution is 2.33. The molecule has 1 aliphatic carbocycles. The highest BCUT2D eigenvalue weighted by Gasteiger charge is 2.18. The molecular weight excluding hydrogens is 310 g/mol. The van der Waals surface area contributed by atoms with E-state index < -0.39 is 10.2 Å². The summed E-state index contributed by atoms with van der Waals surface area (Å²) in [6.45, 7) is 4.00. The highest BCUT2D eigenvalue weighted by molar-refractivity contribution is 7.87. The first-order chi connectivity index (χ1) is 11.0. The van der Waals surface area contributed by atoms with Gasteiger partial charge < -0.3 is 0 Å². The van der Waals surface area contributed by atoms with Crippen LogP contribution in [0.2, 0.25) is 0 Å². The molecule has 0 saturated carbocycles. The van der Waals surface area contributed by atoms with Crippen molar-refractivity contribution >= 4 is 21.9 Å². The molecule has 0 unspecified atom stereocenters. The summed E-state index contributed by atoms with van der Waals surface area (Å²) in [5, 5.41) is 0. The molecule has 0 aliphatic heterocycles. The molecule has 5 nitrogen and oxygen atoms in total. The summed E-state index contributed by atoms with van der Waals surface area (Å²) in [6.07, 6.45) is 6.84. The third kappa shape index (κ3) is 3.54. The first-order valence-electron chi connectivity index (χ1n) is 7.74. The van der Waals surface area contributed by atoms with Gasteiger partial charge in [0.1, 0.15) is 6.33 Å². The Labute approximate surface area is 138 Å². The van der Waals surface area contributed by atoms with Gasteiger partial charge in [0, 0.05) is 20.3 Å². The molecule has 0 bridgehead atoms. The fraction of sp³-hybridized carbons (Fsp3) is 0.353. The van der Waals surface area contributed by atoms with Crippen LogP contribution in [-0.2, 0) is 16.6 Å². The number of allylic oxidation sites excluding steroid dienone is 1. The molecule has 23 heavy (non-hydrogen) atoms. The number of aryl methyl sites for hydroxylation is 1. The SMILES string of the molecule is CC.CN(C)S(=O)(=O)n1cnc(C=C2CCc3ccccc32)c1. The van der Waals surface area contributed by atoms with Crippen molar-refractivity contribution in [3.05, 3.63) is 53.6 Å². The maximum Gasteiger partial charge on any atom is 0.308 e. The van der Waals surface area contributed by atoms with Crippen LogP contribution in [-0.4, -0.2) is 35.8 Å². The van der Waals surface area contributed by atoms with Crippen molar-refractivity contribution in [3.8, 4) is 0 Å². The maximum atomic E-state index is 12.0. The van der Waals surface area contributed by atoms with E-state index in [1.54, 1.807) is 6.20 Å². The van der Waals surface area contributed by atoms with E-state index in [9.17, 15) is 8.42 Å². The van der Waals surface area contributed by atoms with Gasteiger partial charge in [0.25, 0.3) is 0 Å². The molecule has 0 radical (unpaired) electrons. The lowest BCUT2D eigenvalue weighted by atomic mass is 10.1. The number of fused-ring (bicyclic) bond motifs is 1. The van der Waals surface area contributed by atoms with Crippen LogP contribution < -0.4 is 0 Å². The van der Waals surface area contributed by atoms with E-state index in [2.05, 4.69) is 17.1 Å². The molecule has 1 heterocycles. The summed E-state index contributed by atoms with van der Waals surface area (Å²) in [5.74, 6) is 0. The molecule has 6 heteroatoms. The first kappa shape index (κ1) is 17.4. The van der Waals surface area contributed by atoms with E-state index in [4.69, 9.17) is 0 Å². The van der Waals surface area contributed by atoms with Gasteiger partial charge in [-0.3, -0.25) is 0 Å². The third-order valence-electron chi connectivity index (χ3n) is 3.66. The van der Waals surface area contributed by atoms with Crippen molar-refractivity contribution in [1.29, 1.82) is 0 Å². The number of benzene rings is 1. The zero-order valence-corrected chi connectivity index (χ0v) is 14.8. The van der Waals surface area contributed by atoms with Gasteiger partial charge in [-0.25, -0.2) is 8.96 Å². The van der Waals surface area contributed by atoms with Gasteiger partial charge in [-0.2, -0.15) is 12.7 Å². The summed E-state index contributed by atoms with van der Waals surface area (Å²) in [4.78, 5) is 4.18. The first-order valence-corrected chi connectivity index (χ1v) is 9.14. The van der Waals surface area contributed by atoms with Gasteiger partial charge in [0.05, 0.1) is 5.69 Å². The molecule has 1 aromatic heterocycles. The molecule has 0 fully saturated rings. The summed E-state index contributed by atoms with van der Waals surface area (Å²) in [6, 6.07) is 8.29. The minimum Gasteiger partial charge on any atom is -0.236 e. The van der Waals surface area contributed by atoms with Crippen LogP contribution in [0.1, 0.15) is 37.1 Å². The molecule has 0 saturated heterocycles. The Bertz CT molecular complexity index is 805. The van der Waals surface area contributed by atoms with Crippen LogP contribution in [0.5, 0.6) is 0 Å². The average molecular weight is 333 g/mol. The topological polar surface area (TPSA) is 55.2 Å². The Morgan fingerprint density at radius 1 is 1.17 bits per heavy atom. The number of hydrogen-bond acceptors (Lipinski definition) is 3. The summed E-state index contributed by atoms with van der Waals surface area (Å²) in [7, 11) is -0.491. The Balaban J connectivity index is 0.000000924. The number of rotatable bonds is 3. The molecular formula is C17H23N3O2S. The van der Waals surface area contributed by atoms with E-state index in [-0.39, 0.29) is 0 Å². The molecule has 0 amide bonds. The smallest absolute Gasteiger partial charge is 0.236 e. The molecule has 1 aromatic carbocycles. The number of aromatic nitrogens is 2. The second-order valence-corrected chi connectivity index (χ2v) is 7.29. The third-order valence-corrected chi connectivity index (χ3v) is 5.31.